The van der Waals surface area contributed by atoms with Crippen molar-refractivity contribution < 1.29 is 38.5 Å². The molecule has 1 aliphatic heterocycles. The van der Waals surface area contributed by atoms with E-state index in [4.69, 9.17) is 14.2 Å². The second-order valence-corrected chi connectivity index (χ2v) is 9.29. The van der Waals surface area contributed by atoms with Crippen molar-refractivity contribution in [1.29, 1.82) is 0 Å². The molecular weight excluding hydrogens is 524 g/mol. The number of carbonyl (C=O) groups is 4. The summed E-state index contributed by atoms with van der Waals surface area (Å²) in [7, 11) is 2.71. The van der Waals surface area contributed by atoms with Crippen LogP contribution in [0.15, 0.2) is 66.8 Å². The number of rotatable bonds is 8. The van der Waals surface area contributed by atoms with Gasteiger partial charge in [0.25, 0.3) is 5.78 Å². The predicted molar refractivity (Wildman–Crippen MR) is 143 cm³/mol. The number of hydrogen-bond acceptors (Lipinski definition) is 10. The van der Waals surface area contributed by atoms with Gasteiger partial charge in [0, 0.05) is 5.56 Å². The number of ketones is 1. The third-order valence-electron chi connectivity index (χ3n) is 5.94. The Morgan fingerprint density at radius 1 is 1.10 bits per heavy atom. The van der Waals surface area contributed by atoms with Gasteiger partial charge in [-0.2, -0.15) is 0 Å². The second kappa shape index (κ2) is 11.3. The van der Waals surface area contributed by atoms with Crippen LogP contribution in [0, 0.1) is 6.92 Å². The molecule has 1 N–H and O–H groups in total. The summed E-state index contributed by atoms with van der Waals surface area (Å²) in [6.07, 6.45) is 1.42. The number of carbonyl (C=O) groups excluding carboxylic acids is 4. The van der Waals surface area contributed by atoms with Gasteiger partial charge >= 0.3 is 17.8 Å². The highest BCUT2D eigenvalue weighted by Gasteiger charge is 2.48. The van der Waals surface area contributed by atoms with Gasteiger partial charge in [0.2, 0.25) is 0 Å². The number of Topliss-reactive ketones (excluding diaryl/α,β-unsaturated/α-hetero) is 1. The lowest BCUT2D eigenvalue weighted by Gasteiger charge is -2.23. The van der Waals surface area contributed by atoms with Gasteiger partial charge < -0.3 is 19.3 Å². The van der Waals surface area contributed by atoms with E-state index in [1.54, 1.807) is 37.3 Å². The van der Waals surface area contributed by atoms with Gasteiger partial charge in [0.1, 0.15) is 23.0 Å². The first-order chi connectivity index (χ1) is 18.7. The topological polar surface area (TPSA) is 132 Å². The average Bonchev–Trinajstić information content (AvgIpc) is 3.47. The molecule has 1 unspecified atom stereocenters. The smallest absolute Gasteiger partial charge is 0.350 e. The predicted octanol–water partition coefficient (Wildman–Crippen LogP) is 4.22. The van der Waals surface area contributed by atoms with E-state index in [0.717, 1.165) is 16.2 Å². The van der Waals surface area contributed by atoms with Gasteiger partial charge in [0.05, 0.1) is 37.1 Å². The van der Waals surface area contributed by atoms with E-state index in [0.29, 0.717) is 17.0 Å². The van der Waals surface area contributed by atoms with Crippen LogP contribution in [-0.2, 0) is 19.1 Å². The van der Waals surface area contributed by atoms with Gasteiger partial charge in [-0.1, -0.05) is 48.3 Å². The van der Waals surface area contributed by atoms with Crippen LogP contribution < -0.4 is 9.64 Å². The van der Waals surface area contributed by atoms with E-state index >= 15 is 0 Å². The van der Waals surface area contributed by atoms with Crippen LogP contribution in [0.25, 0.3) is 5.76 Å². The summed E-state index contributed by atoms with van der Waals surface area (Å²) in [5.41, 5.74) is 1.03. The maximum atomic E-state index is 13.4. The van der Waals surface area contributed by atoms with Crippen molar-refractivity contribution in [1.82, 2.24) is 4.98 Å². The molecule has 2 heterocycles. The summed E-state index contributed by atoms with van der Waals surface area (Å²) in [5.74, 6) is -3.09. The van der Waals surface area contributed by atoms with Crippen LogP contribution in [-0.4, -0.2) is 54.5 Å². The Labute approximate surface area is 227 Å². The summed E-state index contributed by atoms with van der Waals surface area (Å²) < 4.78 is 15.1. The molecule has 0 aliphatic carbocycles. The molecule has 1 amide bonds. The first-order valence-electron chi connectivity index (χ1n) is 11.6. The number of benzene rings is 2. The SMILES string of the molecule is C=CCOC(=O)c1sc(N2C(=O)C(=O)/C(=C(/O)c3cccc(OC)c3)C2c2ccc(C(=O)OC)cc2)nc1C. The van der Waals surface area contributed by atoms with E-state index in [1.807, 2.05) is 0 Å². The van der Waals surface area contributed by atoms with E-state index in [9.17, 15) is 24.3 Å². The van der Waals surface area contributed by atoms with E-state index in [-0.39, 0.29) is 33.3 Å². The number of esters is 2. The van der Waals surface area contributed by atoms with Crippen molar-refractivity contribution in [2.45, 2.75) is 13.0 Å². The minimum atomic E-state index is -1.12. The van der Waals surface area contributed by atoms with Crippen LogP contribution in [0.1, 0.15) is 42.9 Å². The molecule has 3 aromatic rings. The summed E-state index contributed by atoms with van der Waals surface area (Å²) >= 11 is 0.881. The molecule has 1 atom stereocenters. The molecule has 11 heteroatoms. The Hall–Kier alpha value is -4.77. The minimum absolute atomic E-state index is 0.0108. The Morgan fingerprint density at radius 2 is 1.82 bits per heavy atom. The Kier molecular flexibility index (Phi) is 7.91. The number of aryl methyl sites for hydroxylation is 1. The van der Waals surface area contributed by atoms with E-state index in [2.05, 4.69) is 11.6 Å². The summed E-state index contributed by atoms with van der Waals surface area (Å²) in [4.78, 5) is 57.0. The lowest BCUT2D eigenvalue weighted by molar-refractivity contribution is -0.132. The molecule has 4 rings (SSSR count). The lowest BCUT2D eigenvalue weighted by Crippen LogP contribution is -2.29. The largest absolute Gasteiger partial charge is 0.507 e. The maximum absolute atomic E-state index is 13.4. The van der Waals surface area contributed by atoms with E-state index < -0.39 is 35.4 Å². The highest BCUT2D eigenvalue weighted by molar-refractivity contribution is 7.17. The third-order valence-corrected chi connectivity index (χ3v) is 7.08. The number of hydrogen-bond donors (Lipinski definition) is 1. The van der Waals surface area contributed by atoms with Crippen LogP contribution in [0.2, 0.25) is 0 Å². The minimum Gasteiger partial charge on any atom is -0.507 e. The van der Waals surface area contributed by atoms with Crippen LogP contribution in [0.3, 0.4) is 0 Å². The zero-order chi connectivity index (χ0) is 28.3. The first-order valence-corrected chi connectivity index (χ1v) is 12.4. The van der Waals surface area contributed by atoms with Gasteiger partial charge in [-0.3, -0.25) is 14.5 Å². The highest BCUT2D eigenvalue weighted by Crippen LogP contribution is 2.44. The fourth-order valence-corrected chi connectivity index (χ4v) is 5.05. The standard InChI is InChI=1S/C28H24N2O8S/c1-5-13-38-27(35)24-15(2)29-28(39-24)30-21(16-9-11-17(12-10-16)26(34)37-4)20(23(32)25(30)33)22(31)18-7-6-8-19(14-18)36-3/h5-12,14,21,31H,1,13H2,2-4H3/b22-20+. The quantitative estimate of drug-likeness (QED) is 0.144. The van der Waals surface area contributed by atoms with Crippen molar-refractivity contribution in [3.05, 3.63) is 94.0 Å². The van der Waals surface area contributed by atoms with Crippen LogP contribution in [0.4, 0.5) is 5.13 Å². The van der Waals surface area contributed by atoms with Crippen molar-refractivity contribution in [2.24, 2.45) is 0 Å². The van der Waals surface area contributed by atoms with Gasteiger partial charge in [-0.05, 0) is 36.8 Å². The molecule has 2 aromatic carbocycles. The van der Waals surface area contributed by atoms with Crippen molar-refractivity contribution in [2.75, 3.05) is 25.7 Å². The van der Waals surface area contributed by atoms with Crippen molar-refractivity contribution in [3.8, 4) is 5.75 Å². The third kappa shape index (κ3) is 5.16. The van der Waals surface area contributed by atoms with Gasteiger partial charge in [0.15, 0.2) is 5.13 Å². The number of nitrogens with zero attached hydrogens (tertiary/aromatic N) is 2. The number of amides is 1. The number of ether oxygens (including phenoxy) is 3. The van der Waals surface area contributed by atoms with Gasteiger partial charge in [-0.15, -0.1) is 0 Å². The summed E-state index contributed by atoms with van der Waals surface area (Å²) in [6.45, 7) is 5.09. The molecule has 1 aliphatic rings. The van der Waals surface area contributed by atoms with Crippen molar-refractivity contribution >= 4 is 45.9 Å². The number of aliphatic hydroxyl groups is 1. The van der Waals surface area contributed by atoms with Crippen molar-refractivity contribution in [3.63, 3.8) is 0 Å². The first kappa shape index (κ1) is 27.3. The fourth-order valence-electron chi connectivity index (χ4n) is 4.07. The normalized spacial score (nSPS) is 16.2. The Bertz CT molecular complexity index is 1510. The second-order valence-electron chi connectivity index (χ2n) is 8.31. The molecular formula is C28H24N2O8S. The average molecular weight is 549 g/mol. The molecule has 39 heavy (non-hydrogen) atoms. The molecule has 1 fully saturated rings. The molecule has 0 spiro atoms. The molecule has 1 saturated heterocycles. The monoisotopic (exact) mass is 548 g/mol. The van der Waals surface area contributed by atoms with Crippen LogP contribution in [0.5, 0.6) is 5.75 Å². The van der Waals surface area contributed by atoms with Crippen LogP contribution >= 0.6 is 11.3 Å². The Balaban J connectivity index is 1.89. The molecule has 0 bridgehead atoms. The number of anilines is 1. The zero-order valence-corrected chi connectivity index (χ0v) is 22.1. The number of thiazole rings is 1. The summed E-state index contributed by atoms with van der Waals surface area (Å²) in [6, 6.07) is 11.4. The van der Waals surface area contributed by atoms with E-state index in [1.165, 1.54) is 38.5 Å². The number of methoxy groups -OCH3 is 2. The molecule has 0 saturated carbocycles. The maximum Gasteiger partial charge on any atom is 0.350 e. The molecule has 1 aromatic heterocycles. The molecule has 0 radical (unpaired) electrons. The summed E-state index contributed by atoms with van der Waals surface area (Å²) in [5, 5.41) is 11.4. The van der Waals surface area contributed by atoms with Gasteiger partial charge in [-0.25, -0.2) is 14.6 Å². The fraction of sp³-hybridized carbons (Fsp3) is 0.179. The number of aromatic nitrogens is 1. The molecule has 10 nitrogen and oxygen atoms in total. The zero-order valence-electron chi connectivity index (χ0n) is 21.3. The lowest BCUT2D eigenvalue weighted by atomic mass is 9.94. The Morgan fingerprint density at radius 3 is 2.46 bits per heavy atom. The number of aliphatic hydroxyl groups excluding tert-OH is 1. The highest BCUT2D eigenvalue weighted by atomic mass is 32.1. The molecule has 200 valence electrons.